The summed E-state index contributed by atoms with van der Waals surface area (Å²) in [5, 5.41) is 0.664. The zero-order chi connectivity index (χ0) is 8.55. The van der Waals surface area contributed by atoms with E-state index in [0.29, 0.717) is 5.39 Å². The van der Waals surface area contributed by atoms with Crippen LogP contribution < -0.4 is 5.73 Å². The maximum atomic E-state index is 12.9. The van der Waals surface area contributed by atoms with Crippen LogP contribution >= 0.6 is 0 Å². The van der Waals surface area contributed by atoms with Gasteiger partial charge in [-0.2, -0.15) is 0 Å². The number of anilines is 1. The van der Waals surface area contributed by atoms with Crippen LogP contribution in [0.4, 0.5) is 10.1 Å². The van der Waals surface area contributed by atoms with Gasteiger partial charge in [-0.25, -0.2) is 4.39 Å². The van der Waals surface area contributed by atoms with E-state index in [2.05, 4.69) is 4.98 Å². The Balaban J connectivity index is 2.91. The zero-order valence-corrected chi connectivity index (χ0v) is 6.29. The number of benzene rings is 1. The second kappa shape index (κ2) is 2.44. The molecule has 12 heavy (non-hydrogen) atoms. The summed E-state index contributed by atoms with van der Waals surface area (Å²) in [6, 6.07) is 7.19. The van der Waals surface area contributed by atoms with Crippen LogP contribution in [0, 0.1) is 5.82 Å². The van der Waals surface area contributed by atoms with Gasteiger partial charge < -0.3 is 5.73 Å². The Hall–Kier alpha value is -1.64. The van der Waals surface area contributed by atoms with Crippen LogP contribution in [0.3, 0.4) is 0 Å². The Morgan fingerprint density at radius 2 is 2.00 bits per heavy atom. The average molecular weight is 162 g/mol. The van der Waals surface area contributed by atoms with Crippen molar-refractivity contribution in [1.29, 1.82) is 0 Å². The molecular weight excluding hydrogens is 155 g/mol. The molecule has 1 aromatic heterocycles. The minimum absolute atomic E-state index is 0.167. The predicted octanol–water partition coefficient (Wildman–Crippen LogP) is 1.96. The molecule has 0 unspecified atom stereocenters. The van der Waals surface area contributed by atoms with Crippen LogP contribution in [0.2, 0.25) is 0 Å². The van der Waals surface area contributed by atoms with E-state index < -0.39 is 5.82 Å². The standard InChI is InChI=1S/C9H7FN2/c10-7-5-12-8-4-2-1-3-6(8)9(7)11/h1-5H,(H2,11,12). The lowest BCUT2D eigenvalue weighted by molar-refractivity contribution is 0.629. The molecule has 0 aliphatic rings. The van der Waals surface area contributed by atoms with Crippen molar-refractivity contribution in [3.8, 4) is 0 Å². The third kappa shape index (κ3) is 0.906. The highest BCUT2D eigenvalue weighted by molar-refractivity contribution is 5.89. The van der Waals surface area contributed by atoms with Crippen molar-refractivity contribution in [2.75, 3.05) is 5.73 Å². The molecule has 0 bridgehead atoms. The molecule has 0 amide bonds. The lowest BCUT2D eigenvalue weighted by Gasteiger charge is -2.00. The van der Waals surface area contributed by atoms with Crippen LogP contribution in [-0.2, 0) is 0 Å². The summed E-state index contributed by atoms with van der Waals surface area (Å²) in [5.41, 5.74) is 6.39. The van der Waals surface area contributed by atoms with E-state index in [9.17, 15) is 4.39 Å². The van der Waals surface area contributed by atoms with Gasteiger partial charge in [-0.3, -0.25) is 4.98 Å². The van der Waals surface area contributed by atoms with Crippen LogP contribution in [0.15, 0.2) is 30.5 Å². The summed E-state index contributed by atoms with van der Waals surface area (Å²) in [7, 11) is 0. The highest BCUT2D eigenvalue weighted by Gasteiger charge is 2.02. The molecule has 0 atom stereocenters. The maximum absolute atomic E-state index is 12.9. The van der Waals surface area contributed by atoms with Crippen molar-refractivity contribution in [2.24, 2.45) is 0 Å². The Morgan fingerprint density at radius 3 is 2.83 bits per heavy atom. The van der Waals surface area contributed by atoms with E-state index in [4.69, 9.17) is 5.73 Å². The molecular formula is C9H7FN2. The highest BCUT2D eigenvalue weighted by Crippen LogP contribution is 2.20. The highest BCUT2D eigenvalue weighted by atomic mass is 19.1. The van der Waals surface area contributed by atoms with Gasteiger partial charge in [0.05, 0.1) is 17.4 Å². The van der Waals surface area contributed by atoms with Crippen molar-refractivity contribution in [3.63, 3.8) is 0 Å². The van der Waals surface area contributed by atoms with Crippen molar-refractivity contribution in [3.05, 3.63) is 36.3 Å². The van der Waals surface area contributed by atoms with Crippen LogP contribution in [0.5, 0.6) is 0 Å². The quantitative estimate of drug-likeness (QED) is 0.643. The van der Waals surface area contributed by atoms with Crippen molar-refractivity contribution in [2.45, 2.75) is 0 Å². The number of aromatic nitrogens is 1. The molecule has 0 fully saturated rings. The minimum atomic E-state index is -0.464. The smallest absolute Gasteiger partial charge is 0.164 e. The normalized spacial score (nSPS) is 10.4. The molecule has 1 aromatic carbocycles. The molecule has 0 aliphatic carbocycles. The molecule has 3 heteroatoms. The average Bonchev–Trinajstić information content (AvgIpc) is 2.12. The van der Waals surface area contributed by atoms with E-state index in [1.54, 1.807) is 18.2 Å². The monoisotopic (exact) mass is 162 g/mol. The number of rotatable bonds is 0. The summed E-state index contributed by atoms with van der Waals surface area (Å²) in [5.74, 6) is -0.464. The molecule has 60 valence electrons. The molecule has 2 N–H and O–H groups in total. The van der Waals surface area contributed by atoms with Crippen LogP contribution in [0.25, 0.3) is 10.9 Å². The topological polar surface area (TPSA) is 38.9 Å². The van der Waals surface area contributed by atoms with Crippen molar-refractivity contribution >= 4 is 16.6 Å². The second-order valence-corrected chi connectivity index (χ2v) is 2.54. The Bertz CT molecular complexity index is 426. The van der Waals surface area contributed by atoms with Crippen LogP contribution in [-0.4, -0.2) is 4.98 Å². The molecule has 0 saturated heterocycles. The van der Waals surface area contributed by atoms with Gasteiger partial charge >= 0.3 is 0 Å². The fraction of sp³-hybridized carbons (Fsp3) is 0. The van der Waals surface area contributed by atoms with Gasteiger partial charge in [0.25, 0.3) is 0 Å². The van der Waals surface area contributed by atoms with Gasteiger partial charge in [-0.1, -0.05) is 18.2 Å². The van der Waals surface area contributed by atoms with Gasteiger partial charge in [0, 0.05) is 5.39 Å². The summed E-state index contributed by atoms with van der Waals surface area (Å²) in [6.45, 7) is 0. The summed E-state index contributed by atoms with van der Waals surface area (Å²) >= 11 is 0. The fourth-order valence-electron chi connectivity index (χ4n) is 1.14. The molecule has 0 spiro atoms. The first-order valence-corrected chi connectivity index (χ1v) is 3.58. The number of para-hydroxylation sites is 1. The van der Waals surface area contributed by atoms with Gasteiger partial charge in [0.15, 0.2) is 5.82 Å². The number of hydrogen-bond donors (Lipinski definition) is 1. The van der Waals surface area contributed by atoms with E-state index in [1.165, 1.54) is 0 Å². The third-order valence-corrected chi connectivity index (χ3v) is 1.77. The summed E-state index contributed by atoms with van der Waals surface area (Å²) in [4.78, 5) is 3.89. The van der Waals surface area contributed by atoms with Gasteiger partial charge in [-0.15, -0.1) is 0 Å². The fourth-order valence-corrected chi connectivity index (χ4v) is 1.14. The Labute approximate surface area is 68.8 Å². The molecule has 2 aromatic rings. The zero-order valence-electron chi connectivity index (χ0n) is 6.29. The number of halogens is 1. The first-order chi connectivity index (χ1) is 5.79. The molecule has 1 heterocycles. The molecule has 0 aliphatic heterocycles. The first kappa shape index (κ1) is 7.03. The Morgan fingerprint density at radius 1 is 1.25 bits per heavy atom. The minimum Gasteiger partial charge on any atom is -0.396 e. The van der Waals surface area contributed by atoms with E-state index in [1.807, 2.05) is 6.07 Å². The molecule has 0 radical (unpaired) electrons. The third-order valence-electron chi connectivity index (χ3n) is 1.77. The summed E-state index contributed by atoms with van der Waals surface area (Å²) < 4.78 is 12.9. The van der Waals surface area contributed by atoms with E-state index in [-0.39, 0.29) is 5.69 Å². The molecule has 0 saturated carbocycles. The summed E-state index contributed by atoms with van der Waals surface area (Å²) in [6.07, 6.45) is 1.14. The van der Waals surface area contributed by atoms with Crippen LogP contribution in [0.1, 0.15) is 0 Å². The second-order valence-electron chi connectivity index (χ2n) is 2.54. The number of hydrogen-bond acceptors (Lipinski definition) is 2. The van der Waals surface area contributed by atoms with Gasteiger partial charge in [0.2, 0.25) is 0 Å². The van der Waals surface area contributed by atoms with Gasteiger partial charge in [-0.05, 0) is 6.07 Å². The van der Waals surface area contributed by atoms with Gasteiger partial charge in [0.1, 0.15) is 0 Å². The van der Waals surface area contributed by atoms with Crippen molar-refractivity contribution in [1.82, 2.24) is 4.98 Å². The first-order valence-electron chi connectivity index (χ1n) is 3.58. The van der Waals surface area contributed by atoms with E-state index in [0.717, 1.165) is 11.7 Å². The number of nitrogens with zero attached hydrogens (tertiary/aromatic N) is 1. The molecule has 2 nitrogen and oxygen atoms in total. The maximum Gasteiger partial charge on any atom is 0.164 e. The number of pyridine rings is 1. The number of nitrogen functional groups attached to an aromatic ring is 1. The molecule has 2 rings (SSSR count). The SMILES string of the molecule is Nc1c(F)cnc2ccccc12. The lowest BCUT2D eigenvalue weighted by atomic mass is 10.2. The lowest BCUT2D eigenvalue weighted by Crippen LogP contribution is -1.93. The largest absolute Gasteiger partial charge is 0.396 e. The number of fused-ring (bicyclic) bond motifs is 1. The predicted molar refractivity (Wildman–Crippen MR) is 46.1 cm³/mol. The number of nitrogens with two attached hydrogens (primary N) is 1. The van der Waals surface area contributed by atoms with Crippen molar-refractivity contribution < 1.29 is 4.39 Å². The van der Waals surface area contributed by atoms with E-state index >= 15 is 0 Å². The Kier molecular flexibility index (Phi) is 1.43.